The Kier molecular flexibility index (Phi) is 6.45. The van der Waals surface area contributed by atoms with Crippen molar-refractivity contribution in [3.8, 4) is 0 Å². The molecule has 4 heteroatoms. The van der Waals surface area contributed by atoms with Crippen LogP contribution < -0.4 is 5.32 Å². The molecule has 1 N–H and O–H groups in total. The first-order valence-corrected chi connectivity index (χ1v) is 9.58. The second kappa shape index (κ2) is 9.20. The second-order valence-corrected chi connectivity index (χ2v) is 7.24. The Morgan fingerprint density at radius 2 is 1.38 bits per heavy atom. The van der Waals surface area contributed by atoms with Crippen LogP contribution in [0.4, 0.5) is 5.69 Å². The molecule has 0 unspecified atom stereocenters. The van der Waals surface area contributed by atoms with Gasteiger partial charge in [-0.1, -0.05) is 78.9 Å². The Hall–Kier alpha value is -3.40. The third-order valence-corrected chi connectivity index (χ3v) is 5.13. The Morgan fingerprint density at radius 1 is 0.862 bits per heavy atom. The zero-order valence-corrected chi connectivity index (χ0v) is 16.7. The van der Waals surface area contributed by atoms with Crippen LogP contribution in [-0.4, -0.2) is 24.9 Å². The maximum Gasteiger partial charge on any atom is 0.329 e. The van der Waals surface area contributed by atoms with Crippen LogP contribution in [0.25, 0.3) is 0 Å². The number of hydrogen-bond donors (Lipinski definition) is 1. The van der Waals surface area contributed by atoms with Gasteiger partial charge in [-0.15, -0.1) is 0 Å². The molecule has 0 spiro atoms. The molecule has 0 aliphatic heterocycles. The molecule has 4 nitrogen and oxygen atoms in total. The van der Waals surface area contributed by atoms with E-state index in [0.717, 1.165) is 11.3 Å². The Labute approximate surface area is 171 Å². The van der Waals surface area contributed by atoms with Crippen LogP contribution in [0.1, 0.15) is 22.8 Å². The van der Waals surface area contributed by atoms with Crippen molar-refractivity contribution in [2.75, 3.05) is 12.4 Å². The van der Waals surface area contributed by atoms with Crippen molar-refractivity contribution in [3.05, 3.63) is 102 Å². The van der Waals surface area contributed by atoms with Gasteiger partial charge in [-0.05, 0) is 31.0 Å². The first-order valence-electron chi connectivity index (χ1n) is 9.58. The van der Waals surface area contributed by atoms with Crippen LogP contribution in [0.5, 0.6) is 0 Å². The number of hydrogen-bond acceptors (Lipinski definition) is 4. The van der Waals surface area contributed by atoms with Gasteiger partial charge in [0, 0.05) is 11.3 Å². The maximum absolute atomic E-state index is 13.7. The second-order valence-electron chi connectivity index (χ2n) is 7.24. The van der Waals surface area contributed by atoms with E-state index in [-0.39, 0.29) is 5.78 Å². The topological polar surface area (TPSA) is 55.4 Å². The van der Waals surface area contributed by atoms with E-state index in [1.54, 1.807) is 12.1 Å². The normalized spacial score (nSPS) is 13.7. The number of ketones is 1. The molecule has 3 aromatic rings. The minimum atomic E-state index is -1.06. The molecule has 148 valence electrons. The van der Waals surface area contributed by atoms with Crippen molar-refractivity contribution in [3.63, 3.8) is 0 Å². The number of methoxy groups -OCH3 is 1. The number of rotatable bonds is 8. The Bertz CT molecular complexity index is 942. The summed E-state index contributed by atoms with van der Waals surface area (Å²) >= 11 is 0. The van der Waals surface area contributed by atoms with Gasteiger partial charge in [0.1, 0.15) is 6.04 Å². The van der Waals surface area contributed by atoms with Gasteiger partial charge in [-0.3, -0.25) is 4.79 Å². The molecule has 2 atom stereocenters. The molecular weight excluding hydrogens is 362 g/mol. The first-order chi connectivity index (χ1) is 14.0. The summed E-state index contributed by atoms with van der Waals surface area (Å²) in [5, 5.41) is 3.25. The number of para-hydroxylation sites is 1. The summed E-state index contributed by atoms with van der Waals surface area (Å²) in [6, 6.07) is 27.3. The molecule has 0 saturated heterocycles. The largest absolute Gasteiger partial charge is 0.467 e. The minimum absolute atomic E-state index is 0.110. The summed E-state index contributed by atoms with van der Waals surface area (Å²) in [6.45, 7) is 1.83. The van der Waals surface area contributed by atoms with E-state index < -0.39 is 17.4 Å². The highest BCUT2D eigenvalue weighted by molar-refractivity contribution is 6.04. The van der Waals surface area contributed by atoms with E-state index in [2.05, 4.69) is 5.32 Å². The van der Waals surface area contributed by atoms with E-state index in [9.17, 15) is 9.59 Å². The highest BCUT2D eigenvalue weighted by Crippen LogP contribution is 2.34. The van der Waals surface area contributed by atoms with Gasteiger partial charge in [0.2, 0.25) is 0 Å². The zero-order chi connectivity index (χ0) is 20.7. The fourth-order valence-electron chi connectivity index (χ4n) is 3.55. The van der Waals surface area contributed by atoms with Crippen LogP contribution in [0, 0.1) is 5.41 Å². The molecule has 0 fully saturated rings. The lowest BCUT2D eigenvalue weighted by molar-refractivity contribution is -0.143. The number of esters is 1. The lowest BCUT2D eigenvalue weighted by Crippen LogP contribution is -2.51. The van der Waals surface area contributed by atoms with Gasteiger partial charge >= 0.3 is 5.97 Å². The lowest BCUT2D eigenvalue weighted by atomic mass is 9.71. The number of benzene rings is 3. The first kappa shape index (κ1) is 20.3. The average molecular weight is 387 g/mol. The SMILES string of the molecule is COC(=O)[C@H](Nc1ccccc1)[C@](C)(Cc1ccccc1)C(=O)c1ccccc1. The smallest absolute Gasteiger partial charge is 0.329 e. The third kappa shape index (κ3) is 4.72. The maximum atomic E-state index is 13.7. The number of carbonyl (C=O) groups excluding carboxylic acids is 2. The standard InChI is InChI=1S/C25H25NO3/c1-25(18-19-12-6-3-7-13-19,23(27)20-14-8-4-9-15-20)22(24(28)29-2)26-21-16-10-5-11-17-21/h3-17,22,26H,18H2,1-2H3/t22-,25-/m0/s1. The van der Waals surface area contributed by atoms with Gasteiger partial charge in [-0.25, -0.2) is 4.79 Å². The molecule has 0 saturated carbocycles. The van der Waals surface area contributed by atoms with E-state index in [1.807, 2.05) is 85.8 Å². The van der Waals surface area contributed by atoms with Crippen molar-refractivity contribution < 1.29 is 14.3 Å². The molecule has 3 rings (SSSR count). The fourth-order valence-corrected chi connectivity index (χ4v) is 3.55. The summed E-state index contributed by atoms with van der Waals surface area (Å²) in [5.41, 5.74) is 1.23. The summed E-state index contributed by atoms with van der Waals surface area (Å²) in [6.07, 6.45) is 0.390. The molecule has 29 heavy (non-hydrogen) atoms. The van der Waals surface area contributed by atoms with Gasteiger partial charge in [0.15, 0.2) is 5.78 Å². The van der Waals surface area contributed by atoms with Crippen LogP contribution in [0.15, 0.2) is 91.0 Å². The number of nitrogens with one attached hydrogen (secondary N) is 1. The van der Waals surface area contributed by atoms with E-state index in [0.29, 0.717) is 12.0 Å². The summed E-state index contributed by atoms with van der Waals surface area (Å²) in [7, 11) is 1.35. The summed E-state index contributed by atoms with van der Waals surface area (Å²) < 4.78 is 5.10. The average Bonchev–Trinajstić information content (AvgIpc) is 2.78. The quantitative estimate of drug-likeness (QED) is 0.447. The summed E-state index contributed by atoms with van der Waals surface area (Å²) in [4.78, 5) is 26.5. The van der Waals surface area contributed by atoms with E-state index in [1.165, 1.54) is 7.11 Å². The van der Waals surface area contributed by atoms with Crippen molar-refractivity contribution >= 4 is 17.4 Å². The number of Topliss-reactive ketones (excluding diaryl/α,β-unsaturated/α-hetero) is 1. The highest BCUT2D eigenvalue weighted by atomic mass is 16.5. The van der Waals surface area contributed by atoms with E-state index >= 15 is 0 Å². The molecule has 0 bridgehead atoms. The highest BCUT2D eigenvalue weighted by Gasteiger charge is 2.46. The number of ether oxygens (including phenoxy) is 1. The molecule has 0 amide bonds. The Balaban J connectivity index is 2.07. The molecule has 0 heterocycles. The Morgan fingerprint density at radius 3 is 1.93 bits per heavy atom. The summed E-state index contributed by atoms with van der Waals surface area (Å²) in [5.74, 6) is -0.586. The predicted octanol–water partition coefficient (Wildman–Crippen LogP) is 4.77. The molecule has 0 aromatic heterocycles. The van der Waals surface area contributed by atoms with Gasteiger partial charge in [0.25, 0.3) is 0 Å². The molecule has 3 aromatic carbocycles. The van der Waals surface area contributed by atoms with Gasteiger partial charge in [-0.2, -0.15) is 0 Å². The molecule has 0 aliphatic carbocycles. The number of carbonyl (C=O) groups is 2. The third-order valence-electron chi connectivity index (χ3n) is 5.13. The van der Waals surface area contributed by atoms with Crippen molar-refractivity contribution in [2.45, 2.75) is 19.4 Å². The predicted molar refractivity (Wildman–Crippen MR) is 115 cm³/mol. The molecule has 0 aliphatic rings. The molecular formula is C25H25NO3. The fraction of sp³-hybridized carbons (Fsp3) is 0.200. The van der Waals surface area contributed by atoms with Crippen LogP contribution in [0.3, 0.4) is 0 Å². The van der Waals surface area contributed by atoms with Crippen molar-refractivity contribution in [2.24, 2.45) is 5.41 Å². The zero-order valence-electron chi connectivity index (χ0n) is 16.7. The van der Waals surface area contributed by atoms with Crippen LogP contribution in [0.2, 0.25) is 0 Å². The van der Waals surface area contributed by atoms with Gasteiger partial charge in [0.05, 0.1) is 12.5 Å². The monoisotopic (exact) mass is 387 g/mol. The van der Waals surface area contributed by atoms with E-state index in [4.69, 9.17) is 4.74 Å². The molecule has 0 radical (unpaired) electrons. The van der Waals surface area contributed by atoms with Crippen molar-refractivity contribution in [1.82, 2.24) is 0 Å². The van der Waals surface area contributed by atoms with Crippen LogP contribution >= 0.6 is 0 Å². The lowest BCUT2D eigenvalue weighted by Gasteiger charge is -2.36. The number of anilines is 1. The van der Waals surface area contributed by atoms with Gasteiger partial charge < -0.3 is 10.1 Å². The minimum Gasteiger partial charge on any atom is -0.467 e. The van der Waals surface area contributed by atoms with Crippen LogP contribution in [-0.2, 0) is 16.0 Å². The van der Waals surface area contributed by atoms with Crippen molar-refractivity contribution in [1.29, 1.82) is 0 Å².